The van der Waals surface area contributed by atoms with Gasteiger partial charge in [0.05, 0.1) is 11.9 Å². The zero-order valence-electron chi connectivity index (χ0n) is 11.5. The van der Waals surface area contributed by atoms with E-state index < -0.39 is 0 Å². The third-order valence-electron chi connectivity index (χ3n) is 2.27. The molecule has 0 saturated carbocycles. The Bertz CT molecular complexity index is 468. The summed E-state index contributed by atoms with van der Waals surface area (Å²) >= 11 is 4.95. The molecule has 0 aliphatic rings. The number of nitrogens with one attached hydrogen (secondary N) is 2. The van der Waals surface area contributed by atoms with Crippen LogP contribution in [0, 0.1) is 0 Å². The normalized spacial score (nSPS) is 10.9. The van der Waals surface area contributed by atoms with E-state index in [9.17, 15) is 4.79 Å². The van der Waals surface area contributed by atoms with Crippen LogP contribution in [-0.4, -0.2) is 28.0 Å². The Morgan fingerprint density at radius 1 is 1.47 bits per heavy atom. The summed E-state index contributed by atoms with van der Waals surface area (Å²) < 4.78 is 0. The summed E-state index contributed by atoms with van der Waals surface area (Å²) in [7, 11) is 0. The van der Waals surface area contributed by atoms with Gasteiger partial charge in [-0.15, -0.1) is 0 Å². The SMILES string of the molecule is CC(C)(C)NC(=O)CCNc1cnccc1C(N)=S. The number of carbonyl (C=O) groups excluding carboxylic acids is 1. The summed E-state index contributed by atoms with van der Waals surface area (Å²) in [5.41, 5.74) is 6.89. The minimum atomic E-state index is -0.213. The molecule has 0 atom stereocenters. The Hall–Kier alpha value is -1.69. The highest BCUT2D eigenvalue weighted by Crippen LogP contribution is 2.12. The topological polar surface area (TPSA) is 80.0 Å². The molecule has 0 aliphatic heterocycles. The fourth-order valence-electron chi connectivity index (χ4n) is 1.54. The highest BCUT2D eigenvalue weighted by molar-refractivity contribution is 7.80. The highest BCUT2D eigenvalue weighted by atomic mass is 32.1. The first-order valence-electron chi connectivity index (χ1n) is 6.08. The Labute approximate surface area is 119 Å². The molecule has 5 nitrogen and oxygen atoms in total. The number of hydrogen-bond donors (Lipinski definition) is 3. The minimum Gasteiger partial charge on any atom is -0.389 e. The zero-order valence-corrected chi connectivity index (χ0v) is 12.3. The van der Waals surface area contributed by atoms with Gasteiger partial charge in [-0.3, -0.25) is 9.78 Å². The van der Waals surface area contributed by atoms with Gasteiger partial charge < -0.3 is 16.4 Å². The number of nitrogens with zero attached hydrogens (tertiary/aromatic N) is 1. The summed E-state index contributed by atoms with van der Waals surface area (Å²) in [6, 6.07) is 1.75. The van der Waals surface area contributed by atoms with Crippen molar-refractivity contribution < 1.29 is 4.79 Å². The van der Waals surface area contributed by atoms with Gasteiger partial charge in [0.15, 0.2) is 0 Å². The van der Waals surface area contributed by atoms with Gasteiger partial charge in [-0.1, -0.05) is 12.2 Å². The molecule has 0 bridgehead atoms. The van der Waals surface area contributed by atoms with E-state index in [2.05, 4.69) is 15.6 Å². The second-order valence-corrected chi connectivity index (χ2v) is 5.70. The molecule has 0 aliphatic carbocycles. The van der Waals surface area contributed by atoms with E-state index in [1.165, 1.54) is 0 Å². The van der Waals surface area contributed by atoms with E-state index in [1.54, 1.807) is 18.5 Å². The van der Waals surface area contributed by atoms with E-state index in [1.807, 2.05) is 20.8 Å². The summed E-state index contributed by atoms with van der Waals surface area (Å²) in [6.45, 7) is 6.35. The summed E-state index contributed by atoms with van der Waals surface area (Å²) in [4.78, 5) is 16.0. The van der Waals surface area contributed by atoms with Crippen LogP contribution in [0.25, 0.3) is 0 Å². The van der Waals surface area contributed by atoms with Crippen LogP contribution < -0.4 is 16.4 Å². The first-order chi connectivity index (χ1) is 8.79. The van der Waals surface area contributed by atoms with Crippen molar-refractivity contribution in [2.45, 2.75) is 32.7 Å². The maximum absolute atomic E-state index is 11.7. The second kappa shape index (κ2) is 6.47. The number of anilines is 1. The lowest BCUT2D eigenvalue weighted by atomic mass is 10.1. The van der Waals surface area contributed by atoms with Crippen molar-refractivity contribution in [3.8, 4) is 0 Å². The third kappa shape index (κ3) is 5.65. The average molecular weight is 280 g/mol. The van der Waals surface area contributed by atoms with Crippen molar-refractivity contribution in [2.24, 2.45) is 5.73 Å². The van der Waals surface area contributed by atoms with Gasteiger partial charge in [-0.05, 0) is 26.8 Å². The minimum absolute atomic E-state index is 0.000709. The molecule has 0 saturated heterocycles. The fourth-order valence-corrected chi connectivity index (χ4v) is 1.72. The van der Waals surface area contributed by atoms with Crippen molar-refractivity contribution in [1.29, 1.82) is 0 Å². The van der Waals surface area contributed by atoms with Crippen molar-refractivity contribution in [2.75, 3.05) is 11.9 Å². The van der Waals surface area contributed by atoms with Gasteiger partial charge >= 0.3 is 0 Å². The average Bonchev–Trinajstić information content (AvgIpc) is 2.27. The van der Waals surface area contributed by atoms with Crippen LogP contribution in [0.1, 0.15) is 32.8 Å². The molecule has 0 radical (unpaired) electrons. The zero-order chi connectivity index (χ0) is 14.5. The van der Waals surface area contributed by atoms with Crippen molar-refractivity contribution in [3.05, 3.63) is 24.0 Å². The number of hydrogen-bond acceptors (Lipinski definition) is 4. The first kappa shape index (κ1) is 15.4. The highest BCUT2D eigenvalue weighted by Gasteiger charge is 2.13. The van der Waals surface area contributed by atoms with E-state index in [0.29, 0.717) is 18.0 Å². The van der Waals surface area contributed by atoms with Gasteiger partial charge in [-0.2, -0.15) is 0 Å². The number of amides is 1. The first-order valence-corrected chi connectivity index (χ1v) is 6.49. The van der Waals surface area contributed by atoms with Gasteiger partial charge in [0, 0.05) is 30.3 Å². The molecule has 1 aromatic heterocycles. The predicted octanol–water partition coefficient (Wildman–Crippen LogP) is 1.43. The third-order valence-corrected chi connectivity index (χ3v) is 2.49. The predicted molar refractivity (Wildman–Crippen MR) is 81.1 cm³/mol. The number of thiocarbonyl (C=S) groups is 1. The van der Waals surface area contributed by atoms with Crippen molar-refractivity contribution in [1.82, 2.24) is 10.3 Å². The second-order valence-electron chi connectivity index (χ2n) is 5.26. The van der Waals surface area contributed by atoms with E-state index in [-0.39, 0.29) is 11.4 Å². The number of carbonyl (C=O) groups is 1. The van der Waals surface area contributed by atoms with Crippen LogP contribution in [0.2, 0.25) is 0 Å². The molecular weight excluding hydrogens is 260 g/mol. The van der Waals surface area contributed by atoms with E-state index in [4.69, 9.17) is 18.0 Å². The van der Waals surface area contributed by atoms with Crippen molar-refractivity contribution in [3.63, 3.8) is 0 Å². The lowest BCUT2D eigenvalue weighted by Crippen LogP contribution is -2.41. The Morgan fingerprint density at radius 2 is 2.16 bits per heavy atom. The molecule has 1 rings (SSSR count). The van der Waals surface area contributed by atoms with Gasteiger partial charge in [0.1, 0.15) is 4.99 Å². The van der Waals surface area contributed by atoms with E-state index >= 15 is 0 Å². The molecule has 0 fully saturated rings. The Balaban J connectivity index is 2.50. The monoisotopic (exact) mass is 280 g/mol. The largest absolute Gasteiger partial charge is 0.389 e. The van der Waals surface area contributed by atoms with Gasteiger partial charge in [-0.25, -0.2) is 0 Å². The van der Waals surface area contributed by atoms with Gasteiger partial charge in [0.25, 0.3) is 0 Å². The van der Waals surface area contributed by atoms with Crippen LogP contribution in [0.3, 0.4) is 0 Å². The lowest BCUT2D eigenvalue weighted by Gasteiger charge is -2.20. The van der Waals surface area contributed by atoms with E-state index in [0.717, 1.165) is 11.3 Å². The fraction of sp³-hybridized carbons (Fsp3) is 0.462. The van der Waals surface area contributed by atoms with Gasteiger partial charge in [0.2, 0.25) is 5.91 Å². The van der Waals surface area contributed by atoms with Crippen molar-refractivity contribution >= 4 is 28.8 Å². The molecule has 0 spiro atoms. The van der Waals surface area contributed by atoms with Crippen LogP contribution >= 0.6 is 12.2 Å². The summed E-state index contributed by atoms with van der Waals surface area (Å²) in [6.07, 6.45) is 3.66. The number of aromatic nitrogens is 1. The molecule has 0 aromatic carbocycles. The molecule has 104 valence electrons. The van der Waals surface area contributed by atoms with Crippen LogP contribution in [-0.2, 0) is 4.79 Å². The molecule has 1 heterocycles. The Morgan fingerprint density at radius 3 is 2.74 bits per heavy atom. The van der Waals surface area contributed by atoms with Crippen LogP contribution in [0.15, 0.2) is 18.5 Å². The van der Waals surface area contributed by atoms with Crippen LogP contribution in [0.4, 0.5) is 5.69 Å². The lowest BCUT2D eigenvalue weighted by molar-refractivity contribution is -0.122. The quantitative estimate of drug-likeness (QED) is 0.711. The summed E-state index contributed by atoms with van der Waals surface area (Å²) in [5, 5.41) is 6.02. The molecular formula is C13H20N4OS. The molecule has 6 heteroatoms. The maximum atomic E-state index is 11.7. The summed E-state index contributed by atoms with van der Waals surface area (Å²) in [5.74, 6) is 0.000709. The molecule has 1 aromatic rings. The molecule has 4 N–H and O–H groups in total. The smallest absolute Gasteiger partial charge is 0.222 e. The standard InChI is InChI=1S/C13H20N4OS/c1-13(2,3)17-11(18)5-7-16-10-8-15-6-4-9(10)12(14)19/h4,6,8,16H,5,7H2,1-3H3,(H2,14,19)(H,17,18). The molecule has 19 heavy (non-hydrogen) atoms. The number of pyridine rings is 1. The molecule has 0 unspecified atom stereocenters. The Kier molecular flexibility index (Phi) is 5.23. The number of nitrogens with two attached hydrogens (primary N) is 1. The number of rotatable bonds is 5. The van der Waals surface area contributed by atoms with Crippen LogP contribution in [0.5, 0.6) is 0 Å². The molecule has 1 amide bonds. The maximum Gasteiger partial charge on any atom is 0.222 e.